The van der Waals surface area contributed by atoms with Gasteiger partial charge in [-0.3, -0.25) is 4.31 Å². The Balaban J connectivity index is 2.11. The number of nitrogens with one attached hydrogen (secondary N) is 1. The van der Waals surface area contributed by atoms with Crippen LogP contribution in [0.15, 0.2) is 35.4 Å². The van der Waals surface area contributed by atoms with E-state index in [1.54, 1.807) is 20.0 Å². The number of piperidine rings is 1. The summed E-state index contributed by atoms with van der Waals surface area (Å²) < 4.78 is 40.5. The summed E-state index contributed by atoms with van der Waals surface area (Å²) in [4.78, 5) is 12.7. The molecule has 1 amide bonds. The minimum atomic E-state index is -3.81. The molecule has 1 spiro atoms. The molecule has 1 saturated heterocycles. The molecule has 0 saturated carbocycles. The van der Waals surface area contributed by atoms with Gasteiger partial charge in [0.25, 0.3) is 10.0 Å². The van der Waals surface area contributed by atoms with Crippen LogP contribution in [0.5, 0.6) is 0 Å². The number of halogens is 1. The first-order valence-corrected chi connectivity index (χ1v) is 9.42. The Labute approximate surface area is 145 Å². The van der Waals surface area contributed by atoms with Crippen molar-refractivity contribution < 1.29 is 22.7 Å². The Hall–Kier alpha value is -2.29. The zero-order valence-electron chi connectivity index (χ0n) is 13.9. The minimum absolute atomic E-state index is 0.191. The van der Waals surface area contributed by atoms with Gasteiger partial charge in [-0.05, 0) is 38.0 Å². The average molecular weight is 369 g/mol. The van der Waals surface area contributed by atoms with Crippen molar-refractivity contribution in [3.05, 3.63) is 41.2 Å². The van der Waals surface area contributed by atoms with Crippen molar-refractivity contribution in [2.75, 3.05) is 17.9 Å². The van der Waals surface area contributed by atoms with Gasteiger partial charge in [0.05, 0.1) is 22.3 Å². The second-order valence-corrected chi connectivity index (χ2v) is 8.01. The highest BCUT2D eigenvalue weighted by atomic mass is 32.2. The van der Waals surface area contributed by atoms with Crippen molar-refractivity contribution in [3.8, 4) is 0 Å². The highest BCUT2D eigenvalue weighted by molar-refractivity contribution is 7.96. The highest BCUT2D eigenvalue weighted by Gasteiger charge is 2.54. The van der Waals surface area contributed by atoms with Crippen LogP contribution in [-0.4, -0.2) is 49.7 Å². The number of anilines is 1. The zero-order valence-corrected chi connectivity index (χ0v) is 14.8. The summed E-state index contributed by atoms with van der Waals surface area (Å²) >= 11 is 0. The molecular weight excluding hydrogens is 349 g/mol. The van der Waals surface area contributed by atoms with E-state index in [2.05, 4.69) is 5.32 Å². The Morgan fingerprint density at radius 2 is 2.16 bits per heavy atom. The van der Waals surface area contributed by atoms with Crippen LogP contribution in [0, 0.1) is 5.82 Å². The van der Waals surface area contributed by atoms with Gasteiger partial charge in [-0.2, -0.15) is 0 Å². The van der Waals surface area contributed by atoms with Gasteiger partial charge >= 0.3 is 6.09 Å². The van der Waals surface area contributed by atoms with E-state index < -0.39 is 27.5 Å². The summed E-state index contributed by atoms with van der Waals surface area (Å²) in [6.07, 6.45) is -0.469. The van der Waals surface area contributed by atoms with Crippen LogP contribution in [0.4, 0.5) is 14.9 Å². The van der Waals surface area contributed by atoms with E-state index in [0.717, 1.165) is 5.41 Å². The van der Waals surface area contributed by atoms with Crippen LogP contribution in [0.3, 0.4) is 0 Å². The number of likely N-dealkylation sites (N-methyl/N-ethyl adjacent to an activating group) is 1. The number of amides is 1. The first-order chi connectivity index (χ1) is 11.7. The molecule has 2 aliphatic rings. The second kappa shape index (κ2) is 5.91. The summed E-state index contributed by atoms with van der Waals surface area (Å²) in [5, 5.41) is 13.4. The zero-order chi connectivity index (χ0) is 18.4. The van der Waals surface area contributed by atoms with Gasteiger partial charge < -0.3 is 15.3 Å². The molecule has 0 aliphatic carbocycles. The third-order valence-electron chi connectivity index (χ3n) is 4.90. The lowest BCUT2D eigenvalue weighted by atomic mass is 9.81. The molecule has 9 heteroatoms. The van der Waals surface area contributed by atoms with Gasteiger partial charge in [0.1, 0.15) is 5.82 Å². The topological polar surface area (TPSA) is 90.0 Å². The van der Waals surface area contributed by atoms with E-state index in [1.807, 2.05) is 0 Å². The molecule has 0 unspecified atom stereocenters. The smallest absolute Gasteiger partial charge is 0.407 e. The molecule has 2 atom stereocenters. The standard InChI is InChI=1S/C16H20FN3O4S/c1-11-9-16(6-7-19(11)15(21)22)14(18-2)10-25(23,24)20(16)13-5-3-4-12(17)8-13/h3-5,8,10-11,18H,6-7,9H2,1-2H3,(H,21,22)/t11-,16-/m0/s1. The number of carboxylic acid groups (broad SMARTS) is 1. The van der Waals surface area contributed by atoms with Gasteiger partial charge in [0, 0.05) is 19.6 Å². The van der Waals surface area contributed by atoms with Crippen molar-refractivity contribution in [2.24, 2.45) is 0 Å². The normalized spacial score (nSPS) is 28.1. The summed E-state index contributed by atoms with van der Waals surface area (Å²) in [6, 6.07) is 5.05. The minimum Gasteiger partial charge on any atom is -0.465 e. The largest absolute Gasteiger partial charge is 0.465 e. The van der Waals surface area contributed by atoms with E-state index in [1.165, 1.54) is 27.4 Å². The van der Waals surface area contributed by atoms with Gasteiger partial charge in [-0.1, -0.05) is 6.07 Å². The van der Waals surface area contributed by atoms with Gasteiger partial charge in [-0.25, -0.2) is 17.6 Å². The number of likely N-dealkylation sites (tertiary alicyclic amines) is 1. The van der Waals surface area contributed by atoms with Crippen LogP contribution >= 0.6 is 0 Å². The number of hydrogen-bond donors (Lipinski definition) is 2. The fourth-order valence-electron chi connectivity index (χ4n) is 3.89. The first-order valence-electron chi connectivity index (χ1n) is 7.92. The Morgan fingerprint density at radius 1 is 1.44 bits per heavy atom. The number of hydrogen-bond acceptors (Lipinski definition) is 4. The number of carbonyl (C=O) groups is 1. The molecule has 0 bridgehead atoms. The lowest BCUT2D eigenvalue weighted by Gasteiger charge is -2.48. The molecule has 7 nitrogen and oxygen atoms in total. The van der Waals surface area contributed by atoms with Gasteiger partial charge in [0.15, 0.2) is 0 Å². The molecule has 1 aromatic rings. The average Bonchev–Trinajstić information content (AvgIpc) is 2.73. The van der Waals surface area contributed by atoms with E-state index in [4.69, 9.17) is 0 Å². The van der Waals surface area contributed by atoms with Crippen molar-refractivity contribution in [3.63, 3.8) is 0 Å². The van der Waals surface area contributed by atoms with Crippen LogP contribution < -0.4 is 9.62 Å². The molecule has 0 radical (unpaired) electrons. The number of rotatable bonds is 2. The van der Waals surface area contributed by atoms with E-state index in [-0.39, 0.29) is 31.1 Å². The third-order valence-corrected chi connectivity index (χ3v) is 6.50. The highest BCUT2D eigenvalue weighted by Crippen LogP contribution is 2.46. The van der Waals surface area contributed by atoms with E-state index >= 15 is 0 Å². The van der Waals surface area contributed by atoms with Crippen LogP contribution in [0.25, 0.3) is 0 Å². The molecule has 0 aromatic heterocycles. The summed E-state index contributed by atoms with van der Waals surface area (Å²) in [7, 11) is -2.18. The van der Waals surface area contributed by atoms with Crippen molar-refractivity contribution >= 4 is 21.8 Å². The maximum absolute atomic E-state index is 13.7. The van der Waals surface area contributed by atoms with Crippen LogP contribution in [-0.2, 0) is 10.0 Å². The molecular formula is C16H20FN3O4S. The van der Waals surface area contributed by atoms with E-state index in [0.29, 0.717) is 5.70 Å². The summed E-state index contributed by atoms with van der Waals surface area (Å²) in [5.41, 5.74) is -0.224. The quantitative estimate of drug-likeness (QED) is 0.831. The fraction of sp³-hybridized carbons (Fsp3) is 0.438. The summed E-state index contributed by atoms with van der Waals surface area (Å²) in [5.74, 6) is -0.531. The summed E-state index contributed by atoms with van der Waals surface area (Å²) in [6.45, 7) is 1.94. The lowest BCUT2D eigenvalue weighted by molar-refractivity contribution is 0.0952. The predicted molar refractivity (Wildman–Crippen MR) is 91.1 cm³/mol. The molecule has 2 N–H and O–H groups in total. The second-order valence-electron chi connectivity index (χ2n) is 6.38. The van der Waals surface area contributed by atoms with Gasteiger partial charge in [0.2, 0.25) is 0 Å². The molecule has 2 aliphatic heterocycles. The molecule has 2 heterocycles. The van der Waals surface area contributed by atoms with Crippen molar-refractivity contribution in [1.82, 2.24) is 10.2 Å². The van der Waals surface area contributed by atoms with E-state index in [9.17, 15) is 22.7 Å². The lowest BCUT2D eigenvalue weighted by Crippen LogP contribution is -2.60. The molecule has 3 rings (SSSR count). The predicted octanol–water partition coefficient (Wildman–Crippen LogP) is 1.94. The molecule has 1 fully saturated rings. The van der Waals surface area contributed by atoms with Crippen molar-refractivity contribution in [1.29, 1.82) is 0 Å². The molecule has 136 valence electrons. The van der Waals surface area contributed by atoms with Crippen molar-refractivity contribution in [2.45, 2.75) is 31.3 Å². The third kappa shape index (κ3) is 2.72. The Morgan fingerprint density at radius 3 is 2.72 bits per heavy atom. The molecule has 1 aromatic carbocycles. The monoisotopic (exact) mass is 369 g/mol. The Kier molecular flexibility index (Phi) is 4.14. The van der Waals surface area contributed by atoms with Crippen LogP contribution in [0.2, 0.25) is 0 Å². The maximum Gasteiger partial charge on any atom is 0.407 e. The number of benzene rings is 1. The SMILES string of the molecule is CNC1=CS(=O)(=O)N(c2cccc(F)c2)[C@]12CCN(C(=O)O)[C@@H](C)C2. The van der Waals surface area contributed by atoms with Gasteiger partial charge in [-0.15, -0.1) is 0 Å². The fourth-order valence-corrected chi connectivity index (χ4v) is 5.79. The Bertz CT molecular complexity index is 842. The number of nitrogens with zero attached hydrogens (tertiary/aromatic N) is 2. The maximum atomic E-state index is 13.7. The number of sulfonamides is 1. The molecule has 25 heavy (non-hydrogen) atoms. The first kappa shape index (κ1) is 17.5. The van der Waals surface area contributed by atoms with Crippen LogP contribution in [0.1, 0.15) is 19.8 Å².